The Morgan fingerprint density at radius 2 is 1.25 bits per heavy atom. The van der Waals surface area contributed by atoms with E-state index in [1.165, 1.54) is 0 Å². The van der Waals surface area contributed by atoms with Gasteiger partial charge in [0, 0.05) is 6.04 Å². The van der Waals surface area contributed by atoms with Gasteiger partial charge in [0.1, 0.15) is 16.8 Å². The summed E-state index contributed by atoms with van der Waals surface area (Å²) in [6.07, 6.45) is 2.20. The van der Waals surface area contributed by atoms with Crippen LogP contribution < -0.4 is 14.8 Å². The Morgan fingerprint density at radius 1 is 0.844 bits per heavy atom. The SMILES string of the molecule is CCC(C)(C)[C@](CC)(NC(Cc1ccc(OC)cc1)Cc1ccc(OC)cc1)P(=O)(O)O. The van der Waals surface area contributed by atoms with Crippen molar-refractivity contribution in [3.63, 3.8) is 0 Å². The van der Waals surface area contributed by atoms with Crippen molar-refractivity contribution in [3.05, 3.63) is 59.7 Å². The summed E-state index contributed by atoms with van der Waals surface area (Å²) < 4.78 is 23.4. The van der Waals surface area contributed by atoms with Crippen LogP contribution in [0.25, 0.3) is 0 Å². The molecule has 0 aliphatic rings. The topological polar surface area (TPSA) is 88.0 Å². The molecule has 178 valence electrons. The van der Waals surface area contributed by atoms with Crippen LogP contribution in [0.5, 0.6) is 11.5 Å². The molecule has 0 heterocycles. The Balaban J connectivity index is 2.44. The van der Waals surface area contributed by atoms with E-state index in [1.54, 1.807) is 14.2 Å². The summed E-state index contributed by atoms with van der Waals surface area (Å²) in [5, 5.41) is 2.14. The second kappa shape index (κ2) is 10.8. The fourth-order valence-corrected chi connectivity index (χ4v) is 6.07. The van der Waals surface area contributed by atoms with E-state index in [1.807, 2.05) is 76.2 Å². The van der Waals surface area contributed by atoms with Gasteiger partial charge in [-0.05, 0) is 66.5 Å². The highest BCUT2D eigenvalue weighted by atomic mass is 31.2. The molecule has 0 saturated carbocycles. The Kier molecular flexibility index (Phi) is 8.95. The molecule has 0 saturated heterocycles. The van der Waals surface area contributed by atoms with Gasteiger partial charge in [-0.1, -0.05) is 52.0 Å². The summed E-state index contributed by atoms with van der Waals surface area (Å²) in [5.74, 6) is 1.55. The minimum Gasteiger partial charge on any atom is -0.497 e. The molecule has 7 heteroatoms. The second-order valence-corrected chi connectivity index (χ2v) is 10.8. The molecule has 1 atom stereocenters. The molecule has 2 aromatic rings. The van der Waals surface area contributed by atoms with Gasteiger partial charge in [0.15, 0.2) is 0 Å². The van der Waals surface area contributed by atoms with Gasteiger partial charge in [-0.2, -0.15) is 0 Å². The molecule has 2 aromatic carbocycles. The number of hydrogen-bond acceptors (Lipinski definition) is 4. The standard InChI is InChI=1S/C25H38NO5P/c1-7-24(3,4)25(8-2,32(27,28)29)26-21(17-19-9-13-22(30-5)14-10-19)18-20-11-15-23(31-6)16-12-20/h9-16,21,26H,7-8,17-18H2,1-6H3,(H2,27,28,29)/t25-/m1/s1. The largest absolute Gasteiger partial charge is 0.497 e. The molecule has 0 fully saturated rings. The predicted octanol–water partition coefficient (Wildman–Crippen LogP) is 5.17. The number of methoxy groups -OCH3 is 2. The lowest BCUT2D eigenvalue weighted by Gasteiger charge is -2.48. The minimum absolute atomic E-state index is 0.185. The van der Waals surface area contributed by atoms with Gasteiger partial charge in [-0.15, -0.1) is 0 Å². The fraction of sp³-hybridized carbons (Fsp3) is 0.520. The summed E-state index contributed by atoms with van der Waals surface area (Å²) in [6, 6.07) is 15.4. The quantitative estimate of drug-likeness (QED) is 0.377. The lowest BCUT2D eigenvalue weighted by molar-refractivity contribution is 0.131. The van der Waals surface area contributed by atoms with Gasteiger partial charge < -0.3 is 19.3 Å². The van der Waals surface area contributed by atoms with Gasteiger partial charge in [0.25, 0.3) is 0 Å². The second-order valence-electron chi connectivity index (χ2n) is 8.94. The first-order chi connectivity index (χ1) is 15.0. The van der Waals surface area contributed by atoms with E-state index >= 15 is 0 Å². The first kappa shape index (κ1) is 26.4. The highest BCUT2D eigenvalue weighted by molar-refractivity contribution is 7.53. The van der Waals surface area contributed by atoms with Crippen molar-refractivity contribution >= 4 is 7.60 Å². The molecule has 0 aliphatic carbocycles. The van der Waals surface area contributed by atoms with E-state index in [2.05, 4.69) is 5.32 Å². The lowest BCUT2D eigenvalue weighted by Crippen LogP contribution is -2.59. The molecule has 0 aromatic heterocycles. The van der Waals surface area contributed by atoms with Crippen LogP contribution in [0.1, 0.15) is 51.7 Å². The lowest BCUT2D eigenvalue weighted by atomic mass is 9.78. The molecule has 0 spiro atoms. The number of nitrogens with one attached hydrogen (secondary N) is 1. The van der Waals surface area contributed by atoms with Crippen LogP contribution in [-0.4, -0.2) is 35.3 Å². The first-order valence-electron chi connectivity index (χ1n) is 11.1. The molecule has 32 heavy (non-hydrogen) atoms. The van der Waals surface area contributed by atoms with E-state index in [9.17, 15) is 14.4 Å². The van der Waals surface area contributed by atoms with Crippen molar-refractivity contribution < 1.29 is 23.8 Å². The highest BCUT2D eigenvalue weighted by Crippen LogP contribution is 2.60. The van der Waals surface area contributed by atoms with Crippen molar-refractivity contribution in [3.8, 4) is 11.5 Å². The van der Waals surface area contributed by atoms with Gasteiger partial charge in [0.2, 0.25) is 0 Å². The summed E-state index contributed by atoms with van der Waals surface area (Å²) in [7, 11) is -1.22. The van der Waals surface area contributed by atoms with Crippen LogP contribution in [0.15, 0.2) is 48.5 Å². The summed E-state index contributed by atoms with van der Waals surface area (Å²) in [4.78, 5) is 21.1. The molecular formula is C25H38NO5P. The van der Waals surface area contributed by atoms with E-state index in [0.29, 0.717) is 25.7 Å². The zero-order valence-corrected chi connectivity index (χ0v) is 21.0. The van der Waals surface area contributed by atoms with Crippen LogP contribution in [0.4, 0.5) is 0 Å². The Labute approximate surface area is 192 Å². The van der Waals surface area contributed by atoms with Crippen LogP contribution in [0, 0.1) is 5.41 Å². The van der Waals surface area contributed by atoms with Crippen molar-refractivity contribution in [2.75, 3.05) is 14.2 Å². The van der Waals surface area contributed by atoms with Gasteiger partial charge in [-0.3, -0.25) is 9.88 Å². The highest BCUT2D eigenvalue weighted by Gasteiger charge is 2.55. The Bertz CT molecular complexity index is 842. The van der Waals surface area contributed by atoms with Crippen LogP contribution in [0.2, 0.25) is 0 Å². The normalized spacial score (nSPS) is 14.3. The van der Waals surface area contributed by atoms with Crippen molar-refractivity contribution in [2.45, 2.75) is 64.7 Å². The maximum absolute atomic E-state index is 12.9. The molecule has 6 nitrogen and oxygen atoms in total. The molecule has 0 amide bonds. The fourth-order valence-electron chi connectivity index (χ4n) is 4.36. The van der Waals surface area contributed by atoms with Gasteiger partial charge >= 0.3 is 7.60 Å². The Morgan fingerprint density at radius 3 is 1.53 bits per heavy atom. The van der Waals surface area contributed by atoms with E-state index in [0.717, 1.165) is 22.6 Å². The number of ether oxygens (including phenoxy) is 2. The van der Waals surface area contributed by atoms with Crippen molar-refractivity contribution in [1.29, 1.82) is 0 Å². The monoisotopic (exact) mass is 463 g/mol. The molecule has 3 N–H and O–H groups in total. The summed E-state index contributed by atoms with van der Waals surface area (Å²) in [6.45, 7) is 7.69. The molecule has 0 radical (unpaired) electrons. The van der Waals surface area contributed by atoms with Crippen molar-refractivity contribution in [2.24, 2.45) is 5.41 Å². The molecular weight excluding hydrogens is 425 g/mol. The molecule has 0 bridgehead atoms. The third-order valence-corrected chi connectivity index (χ3v) is 8.78. The van der Waals surface area contributed by atoms with E-state index < -0.39 is 18.3 Å². The summed E-state index contributed by atoms with van der Waals surface area (Å²) in [5.41, 5.74) is 1.53. The minimum atomic E-state index is -4.48. The molecule has 0 aliphatic heterocycles. The Hall–Kier alpha value is -1.85. The summed E-state index contributed by atoms with van der Waals surface area (Å²) >= 11 is 0. The maximum Gasteiger partial charge on any atom is 0.345 e. The van der Waals surface area contributed by atoms with E-state index in [4.69, 9.17) is 9.47 Å². The average molecular weight is 464 g/mol. The van der Waals surface area contributed by atoms with Gasteiger partial charge in [0.05, 0.1) is 14.2 Å². The molecule has 2 rings (SSSR count). The zero-order chi connectivity index (χ0) is 24.0. The number of hydrogen-bond donors (Lipinski definition) is 3. The smallest absolute Gasteiger partial charge is 0.345 e. The van der Waals surface area contributed by atoms with Crippen molar-refractivity contribution in [1.82, 2.24) is 5.32 Å². The number of rotatable bonds is 12. The third kappa shape index (κ3) is 5.93. The third-order valence-electron chi connectivity index (χ3n) is 6.74. The van der Waals surface area contributed by atoms with Crippen LogP contribution >= 0.6 is 7.60 Å². The van der Waals surface area contributed by atoms with E-state index in [-0.39, 0.29) is 6.04 Å². The van der Waals surface area contributed by atoms with Crippen LogP contribution in [0.3, 0.4) is 0 Å². The average Bonchev–Trinajstić information content (AvgIpc) is 2.77. The number of benzene rings is 2. The maximum atomic E-state index is 12.9. The zero-order valence-electron chi connectivity index (χ0n) is 20.1. The van der Waals surface area contributed by atoms with Gasteiger partial charge in [-0.25, -0.2) is 0 Å². The molecule has 0 unspecified atom stereocenters. The van der Waals surface area contributed by atoms with Crippen LogP contribution in [-0.2, 0) is 17.4 Å². The predicted molar refractivity (Wildman–Crippen MR) is 129 cm³/mol. The first-order valence-corrected chi connectivity index (χ1v) is 12.7.